The van der Waals surface area contributed by atoms with Crippen molar-refractivity contribution in [2.45, 2.75) is 0 Å². The number of aromatic nitrogens is 2. The van der Waals surface area contributed by atoms with Gasteiger partial charge in [0.2, 0.25) is 12.7 Å². The van der Waals surface area contributed by atoms with Gasteiger partial charge >= 0.3 is 0 Å². The van der Waals surface area contributed by atoms with Crippen molar-refractivity contribution in [2.24, 2.45) is 0 Å². The normalized spacial score (nSPS) is 11.5. The number of hydrogen-bond donors (Lipinski definition) is 2. The lowest BCUT2D eigenvalue weighted by atomic mass is 10.2. The average Bonchev–Trinajstić information content (AvgIpc) is 3.16. The number of nitrogens with zero attached hydrogens (tertiary/aromatic N) is 3. The third kappa shape index (κ3) is 3.62. The predicted octanol–water partition coefficient (Wildman–Crippen LogP) is 3.07. The zero-order valence-electron chi connectivity index (χ0n) is 14.0. The second kappa shape index (κ2) is 7.01. The van der Waals surface area contributed by atoms with E-state index in [-0.39, 0.29) is 24.3 Å². The maximum Gasteiger partial charge on any atom is 0.274 e. The molecule has 1 aliphatic heterocycles. The van der Waals surface area contributed by atoms with E-state index in [4.69, 9.17) is 14.7 Å². The molecule has 1 aliphatic rings. The number of nitriles is 1. The van der Waals surface area contributed by atoms with Gasteiger partial charge in [0.1, 0.15) is 5.69 Å². The molecule has 1 amide bonds. The minimum absolute atomic E-state index is 0.167. The third-order valence-corrected chi connectivity index (χ3v) is 3.77. The fraction of sp³-hybridized carbons (Fsp3) is 0.0526. The first kappa shape index (κ1) is 16.4. The molecule has 0 radical (unpaired) electrons. The Balaban J connectivity index is 1.50. The summed E-state index contributed by atoms with van der Waals surface area (Å²) in [6, 6.07) is 15.6. The first-order chi connectivity index (χ1) is 13.2. The van der Waals surface area contributed by atoms with Crippen LogP contribution in [0.15, 0.2) is 54.7 Å². The van der Waals surface area contributed by atoms with Crippen LogP contribution in [0.25, 0.3) is 0 Å². The van der Waals surface area contributed by atoms with Gasteiger partial charge in [0.25, 0.3) is 5.91 Å². The molecule has 0 unspecified atom stereocenters. The summed E-state index contributed by atoms with van der Waals surface area (Å²) in [5, 5.41) is 14.7. The molecule has 0 atom stereocenters. The van der Waals surface area contributed by atoms with E-state index in [9.17, 15) is 4.79 Å². The molecule has 27 heavy (non-hydrogen) atoms. The van der Waals surface area contributed by atoms with Gasteiger partial charge in [-0.05, 0) is 36.4 Å². The molecule has 2 heterocycles. The van der Waals surface area contributed by atoms with Crippen molar-refractivity contribution in [1.82, 2.24) is 9.97 Å². The van der Waals surface area contributed by atoms with Crippen LogP contribution in [0.3, 0.4) is 0 Å². The average molecular weight is 359 g/mol. The van der Waals surface area contributed by atoms with E-state index in [1.807, 2.05) is 0 Å². The summed E-state index contributed by atoms with van der Waals surface area (Å²) >= 11 is 0. The molecule has 3 aromatic rings. The summed E-state index contributed by atoms with van der Waals surface area (Å²) in [4.78, 5) is 20.8. The van der Waals surface area contributed by atoms with Gasteiger partial charge in [-0.25, -0.2) is 9.97 Å². The molecule has 1 aromatic heterocycles. The number of nitrogens with one attached hydrogen (secondary N) is 2. The van der Waals surface area contributed by atoms with Crippen LogP contribution in [0.2, 0.25) is 0 Å². The second-order valence-electron chi connectivity index (χ2n) is 5.61. The van der Waals surface area contributed by atoms with Crippen molar-refractivity contribution in [2.75, 3.05) is 17.4 Å². The van der Waals surface area contributed by atoms with Crippen molar-refractivity contribution in [3.63, 3.8) is 0 Å². The van der Waals surface area contributed by atoms with E-state index in [0.29, 0.717) is 28.4 Å². The van der Waals surface area contributed by atoms with E-state index in [2.05, 4.69) is 26.7 Å². The van der Waals surface area contributed by atoms with Crippen LogP contribution in [0, 0.1) is 11.3 Å². The minimum atomic E-state index is -0.384. The quantitative estimate of drug-likeness (QED) is 0.737. The lowest BCUT2D eigenvalue weighted by Gasteiger charge is -2.08. The SMILES string of the molecule is N#Cc1cccc(Nc2nccc(C(=O)Nc3ccc4c(c3)OCO4)n2)c1. The largest absolute Gasteiger partial charge is 0.454 e. The Morgan fingerprint density at radius 1 is 1.07 bits per heavy atom. The number of ether oxygens (including phenoxy) is 2. The summed E-state index contributed by atoms with van der Waals surface area (Å²) < 4.78 is 10.5. The standard InChI is InChI=1S/C19H13N5O3/c20-10-12-2-1-3-13(8-12)23-19-21-7-6-15(24-19)18(25)22-14-4-5-16-17(9-14)27-11-26-16/h1-9H,11H2,(H,22,25)(H,21,23,24). The van der Waals surface area contributed by atoms with Gasteiger partial charge in [-0.15, -0.1) is 0 Å². The maximum atomic E-state index is 12.5. The third-order valence-electron chi connectivity index (χ3n) is 3.77. The van der Waals surface area contributed by atoms with Crippen LogP contribution in [-0.4, -0.2) is 22.7 Å². The van der Waals surface area contributed by atoms with Crippen LogP contribution in [0.4, 0.5) is 17.3 Å². The Morgan fingerprint density at radius 2 is 1.96 bits per heavy atom. The van der Waals surface area contributed by atoms with Crippen molar-refractivity contribution in [3.05, 3.63) is 66.0 Å². The Bertz CT molecular complexity index is 1060. The van der Waals surface area contributed by atoms with Crippen LogP contribution < -0.4 is 20.1 Å². The van der Waals surface area contributed by atoms with Gasteiger partial charge in [0.15, 0.2) is 11.5 Å². The lowest BCUT2D eigenvalue weighted by molar-refractivity contribution is 0.102. The van der Waals surface area contributed by atoms with Crippen molar-refractivity contribution >= 4 is 23.2 Å². The molecular weight excluding hydrogens is 346 g/mol. The highest BCUT2D eigenvalue weighted by atomic mass is 16.7. The molecule has 8 nitrogen and oxygen atoms in total. The van der Waals surface area contributed by atoms with Gasteiger partial charge in [-0.3, -0.25) is 4.79 Å². The van der Waals surface area contributed by atoms with Gasteiger partial charge in [0, 0.05) is 23.6 Å². The molecule has 0 aliphatic carbocycles. The van der Waals surface area contributed by atoms with Crippen LogP contribution in [0.1, 0.15) is 16.1 Å². The van der Waals surface area contributed by atoms with Crippen LogP contribution in [0.5, 0.6) is 11.5 Å². The van der Waals surface area contributed by atoms with Crippen molar-refractivity contribution in [1.29, 1.82) is 5.26 Å². The highest BCUT2D eigenvalue weighted by molar-refractivity contribution is 6.03. The molecular formula is C19H13N5O3. The minimum Gasteiger partial charge on any atom is -0.454 e. The van der Waals surface area contributed by atoms with Crippen LogP contribution in [-0.2, 0) is 0 Å². The first-order valence-corrected chi connectivity index (χ1v) is 8.02. The van der Waals surface area contributed by atoms with Gasteiger partial charge in [0.05, 0.1) is 11.6 Å². The van der Waals surface area contributed by atoms with Crippen LogP contribution >= 0.6 is 0 Å². The monoisotopic (exact) mass is 359 g/mol. The van der Waals surface area contributed by atoms with Crippen molar-refractivity contribution in [3.8, 4) is 17.6 Å². The fourth-order valence-corrected chi connectivity index (χ4v) is 2.51. The number of carbonyl (C=O) groups is 1. The highest BCUT2D eigenvalue weighted by Crippen LogP contribution is 2.34. The molecule has 0 spiro atoms. The molecule has 4 rings (SSSR count). The first-order valence-electron chi connectivity index (χ1n) is 8.02. The smallest absolute Gasteiger partial charge is 0.274 e. The zero-order chi connectivity index (χ0) is 18.6. The summed E-state index contributed by atoms with van der Waals surface area (Å²) in [5.74, 6) is 1.09. The molecule has 2 N–H and O–H groups in total. The Hall–Kier alpha value is -4.12. The zero-order valence-corrected chi connectivity index (χ0v) is 14.0. The molecule has 0 bridgehead atoms. The number of hydrogen-bond acceptors (Lipinski definition) is 7. The van der Waals surface area contributed by atoms with E-state index < -0.39 is 0 Å². The highest BCUT2D eigenvalue weighted by Gasteiger charge is 2.15. The number of anilines is 3. The van der Waals surface area contributed by atoms with E-state index in [0.717, 1.165) is 0 Å². The van der Waals surface area contributed by atoms with Gasteiger partial charge in [-0.1, -0.05) is 6.07 Å². The summed E-state index contributed by atoms with van der Waals surface area (Å²) in [6.07, 6.45) is 1.48. The Kier molecular flexibility index (Phi) is 4.25. The summed E-state index contributed by atoms with van der Waals surface area (Å²) in [7, 11) is 0. The van der Waals surface area contributed by atoms with Crippen molar-refractivity contribution < 1.29 is 14.3 Å². The second-order valence-corrected chi connectivity index (χ2v) is 5.61. The van der Waals surface area contributed by atoms with E-state index >= 15 is 0 Å². The summed E-state index contributed by atoms with van der Waals surface area (Å²) in [5.41, 5.74) is 1.93. The predicted molar refractivity (Wildman–Crippen MR) is 97.0 cm³/mol. The lowest BCUT2D eigenvalue weighted by Crippen LogP contribution is -2.14. The fourth-order valence-electron chi connectivity index (χ4n) is 2.51. The Labute approximate surface area is 154 Å². The van der Waals surface area contributed by atoms with E-state index in [1.54, 1.807) is 42.5 Å². The molecule has 0 saturated heterocycles. The molecule has 0 fully saturated rings. The molecule has 132 valence electrons. The van der Waals surface area contributed by atoms with E-state index in [1.165, 1.54) is 12.3 Å². The Morgan fingerprint density at radius 3 is 2.85 bits per heavy atom. The number of carbonyl (C=O) groups excluding carboxylic acids is 1. The molecule has 8 heteroatoms. The topological polar surface area (TPSA) is 109 Å². The summed E-state index contributed by atoms with van der Waals surface area (Å²) in [6.45, 7) is 0.167. The number of rotatable bonds is 4. The number of amides is 1. The maximum absolute atomic E-state index is 12.5. The molecule has 2 aromatic carbocycles. The van der Waals surface area contributed by atoms with Gasteiger partial charge < -0.3 is 20.1 Å². The van der Waals surface area contributed by atoms with Gasteiger partial charge in [-0.2, -0.15) is 5.26 Å². The molecule has 0 saturated carbocycles. The number of benzene rings is 2. The number of fused-ring (bicyclic) bond motifs is 1.